The number of ether oxygens (including phenoxy) is 1. The quantitative estimate of drug-likeness (QED) is 0.753. The van der Waals surface area contributed by atoms with Crippen LogP contribution in [0.2, 0.25) is 0 Å². The lowest BCUT2D eigenvalue weighted by atomic mass is 10.2. The van der Waals surface area contributed by atoms with Gasteiger partial charge in [0.25, 0.3) is 5.91 Å². The Morgan fingerprint density at radius 3 is 2.44 bits per heavy atom. The van der Waals surface area contributed by atoms with Gasteiger partial charge in [-0.15, -0.1) is 0 Å². The SMILES string of the molecule is CCOC(=O)N1CCN(C(=O)c2cnc(NC3CCS(=O)(=O)C3)cn2)CC1. The van der Waals surface area contributed by atoms with Gasteiger partial charge in [-0.05, 0) is 13.3 Å². The first-order valence-corrected chi connectivity index (χ1v) is 10.7. The normalized spacial score (nSPS) is 21.7. The molecular formula is C16H23N5O5S. The molecule has 1 aromatic heterocycles. The molecule has 0 aliphatic carbocycles. The molecule has 0 bridgehead atoms. The number of nitrogens with zero attached hydrogens (tertiary/aromatic N) is 4. The number of rotatable bonds is 4. The fourth-order valence-electron chi connectivity index (χ4n) is 3.10. The molecule has 1 unspecified atom stereocenters. The maximum absolute atomic E-state index is 12.5. The first-order chi connectivity index (χ1) is 12.9. The van der Waals surface area contributed by atoms with Gasteiger partial charge in [-0.2, -0.15) is 0 Å². The summed E-state index contributed by atoms with van der Waals surface area (Å²) in [6, 6.07) is -0.179. The molecule has 10 nitrogen and oxygen atoms in total. The van der Waals surface area contributed by atoms with Crippen LogP contribution in [-0.2, 0) is 14.6 Å². The van der Waals surface area contributed by atoms with Crippen LogP contribution in [0.4, 0.5) is 10.6 Å². The number of nitrogens with one attached hydrogen (secondary N) is 1. The highest BCUT2D eigenvalue weighted by Gasteiger charge is 2.29. The van der Waals surface area contributed by atoms with Gasteiger partial charge >= 0.3 is 6.09 Å². The molecule has 2 aliphatic heterocycles. The lowest BCUT2D eigenvalue weighted by molar-refractivity contribution is 0.0565. The van der Waals surface area contributed by atoms with Crippen molar-refractivity contribution >= 4 is 27.7 Å². The van der Waals surface area contributed by atoms with Gasteiger partial charge in [0.1, 0.15) is 11.5 Å². The Balaban J connectivity index is 1.53. The van der Waals surface area contributed by atoms with Gasteiger partial charge in [0.2, 0.25) is 0 Å². The monoisotopic (exact) mass is 397 g/mol. The van der Waals surface area contributed by atoms with Gasteiger partial charge < -0.3 is 19.9 Å². The van der Waals surface area contributed by atoms with Gasteiger partial charge in [0.05, 0.1) is 30.5 Å². The predicted octanol–water partition coefficient (Wildman–Crippen LogP) is -0.0101. The molecule has 11 heteroatoms. The van der Waals surface area contributed by atoms with E-state index < -0.39 is 9.84 Å². The summed E-state index contributed by atoms with van der Waals surface area (Å²) in [6.07, 6.45) is 2.99. The van der Waals surface area contributed by atoms with Gasteiger partial charge in [-0.3, -0.25) is 4.79 Å². The van der Waals surface area contributed by atoms with E-state index in [1.807, 2.05) is 0 Å². The largest absolute Gasteiger partial charge is 0.450 e. The van der Waals surface area contributed by atoms with E-state index in [0.29, 0.717) is 45.0 Å². The third-order valence-electron chi connectivity index (χ3n) is 4.55. The molecule has 27 heavy (non-hydrogen) atoms. The fraction of sp³-hybridized carbons (Fsp3) is 0.625. The fourth-order valence-corrected chi connectivity index (χ4v) is 4.77. The van der Waals surface area contributed by atoms with E-state index in [4.69, 9.17) is 4.74 Å². The van der Waals surface area contributed by atoms with E-state index in [1.165, 1.54) is 12.4 Å². The maximum atomic E-state index is 12.5. The third-order valence-corrected chi connectivity index (χ3v) is 6.32. The summed E-state index contributed by atoms with van der Waals surface area (Å²) < 4.78 is 27.9. The second-order valence-electron chi connectivity index (χ2n) is 6.51. The van der Waals surface area contributed by atoms with Gasteiger partial charge in [-0.25, -0.2) is 23.2 Å². The van der Waals surface area contributed by atoms with Crippen LogP contribution in [0.1, 0.15) is 23.8 Å². The van der Waals surface area contributed by atoms with Gasteiger partial charge in [-0.1, -0.05) is 0 Å². The lowest BCUT2D eigenvalue weighted by Crippen LogP contribution is -2.50. The summed E-state index contributed by atoms with van der Waals surface area (Å²) in [5.74, 6) is 0.453. The number of carbonyl (C=O) groups is 2. The van der Waals surface area contributed by atoms with Crippen LogP contribution in [-0.4, -0.2) is 90.5 Å². The van der Waals surface area contributed by atoms with Gasteiger partial charge in [0, 0.05) is 32.2 Å². The van der Waals surface area contributed by atoms with E-state index in [9.17, 15) is 18.0 Å². The number of anilines is 1. The number of hydrogen-bond donors (Lipinski definition) is 1. The zero-order valence-corrected chi connectivity index (χ0v) is 15.9. The maximum Gasteiger partial charge on any atom is 0.409 e. The highest BCUT2D eigenvalue weighted by Crippen LogP contribution is 2.16. The second kappa shape index (κ2) is 8.07. The lowest BCUT2D eigenvalue weighted by Gasteiger charge is -2.33. The predicted molar refractivity (Wildman–Crippen MR) is 97.2 cm³/mol. The summed E-state index contributed by atoms with van der Waals surface area (Å²) in [4.78, 5) is 35.7. The number of amides is 2. The molecule has 2 amide bonds. The zero-order chi connectivity index (χ0) is 19.4. The van der Waals surface area contributed by atoms with Crippen molar-refractivity contribution in [2.45, 2.75) is 19.4 Å². The van der Waals surface area contributed by atoms with Gasteiger partial charge in [0.15, 0.2) is 9.84 Å². The first kappa shape index (κ1) is 19.3. The number of hydrogen-bond acceptors (Lipinski definition) is 8. The van der Waals surface area contributed by atoms with Crippen LogP contribution in [0, 0.1) is 0 Å². The standard InChI is InChI=1S/C16H23N5O5S/c1-2-26-16(23)21-6-4-20(5-7-21)15(22)13-9-18-14(10-17-13)19-12-3-8-27(24,25)11-12/h9-10,12H,2-8,11H2,1H3,(H,18,19). The van der Waals surface area contributed by atoms with Crippen molar-refractivity contribution in [1.29, 1.82) is 0 Å². The van der Waals surface area contributed by atoms with E-state index in [-0.39, 0.29) is 35.2 Å². The van der Waals surface area contributed by atoms with Crippen molar-refractivity contribution in [3.8, 4) is 0 Å². The molecule has 0 spiro atoms. The third kappa shape index (κ3) is 4.85. The molecule has 2 saturated heterocycles. The molecule has 1 atom stereocenters. The number of carbonyl (C=O) groups excluding carboxylic acids is 2. The molecule has 0 saturated carbocycles. The van der Waals surface area contributed by atoms with Crippen molar-refractivity contribution < 1.29 is 22.7 Å². The molecule has 3 rings (SSSR count). The average Bonchev–Trinajstić information content (AvgIpc) is 3.00. The molecule has 1 N–H and O–H groups in total. The summed E-state index contributed by atoms with van der Waals surface area (Å²) in [5.41, 5.74) is 0.212. The van der Waals surface area contributed by atoms with E-state index in [1.54, 1.807) is 16.7 Å². The minimum Gasteiger partial charge on any atom is -0.450 e. The number of sulfone groups is 1. The summed E-state index contributed by atoms with van der Waals surface area (Å²) in [5, 5.41) is 3.04. The molecule has 0 radical (unpaired) electrons. The van der Waals surface area contributed by atoms with Crippen molar-refractivity contribution in [3.05, 3.63) is 18.1 Å². The Hall–Kier alpha value is -2.43. The molecule has 2 fully saturated rings. The smallest absolute Gasteiger partial charge is 0.409 e. The van der Waals surface area contributed by atoms with Crippen molar-refractivity contribution in [3.63, 3.8) is 0 Å². The zero-order valence-electron chi connectivity index (χ0n) is 15.1. The number of piperazine rings is 1. The molecule has 3 heterocycles. The second-order valence-corrected chi connectivity index (χ2v) is 8.74. The molecule has 148 valence electrons. The topological polar surface area (TPSA) is 122 Å². The van der Waals surface area contributed by atoms with Crippen molar-refractivity contribution in [1.82, 2.24) is 19.8 Å². The van der Waals surface area contributed by atoms with E-state index >= 15 is 0 Å². The Bertz CT molecular complexity index is 790. The van der Waals surface area contributed by atoms with E-state index in [0.717, 1.165) is 0 Å². The Morgan fingerprint density at radius 1 is 1.19 bits per heavy atom. The molecule has 1 aromatic rings. The molecular weight excluding hydrogens is 374 g/mol. The minimum atomic E-state index is -2.97. The minimum absolute atomic E-state index is 0.0834. The average molecular weight is 397 g/mol. The Morgan fingerprint density at radius 2 is 1.89 bits per heavy atom. The highest BCUT2D eigenvalue weighted by atomic mass is 32.2. The summed E-state index contributed by atoms with van der Waals surface area (Å²) in [6.45, 7) is 3.70. The van der Waals surface area contributed by atoms with Crippen LogP contribution in [0.15, 0.2) is 12.4 Å². The summed E-state index contributed by atoms with van der Waals surface area (Å²) in [7, 11) is -2.97. The van der Waals surface area contributed by atoms with Crippen LogP contribution in [0.5, 0.6) is 0 Å². The van der Waals surface area contributed by atoms with Crippen molar-refractivity contribution in [2.24, 2.45) is 0 Å². The van der Waals surface area contributed by atoms with E-state index in [2.05, 4.69) is 15.3 Å². The molecule has 0 aromatic carbocycles. The van der Waals surface area contributed by atoms with Crippen molar-refractivity contribution in [2.75, 3.05) is 49.6 Å². The summed E-state index contributed by atoms with van der Waals surface area (Å²) >= 11 is 0. The number of aromatic nitrogens is 2. The highest BCUT2D eigenvalue weighted by molar-refractivity contribution is 7.91. The van der Waals surface area contributed by atoms with Crippen LogP contribution in [0.3, 0.4) is 0 Å². The van der Waals surface area contributed by atoms with Crippen LogP contribution >= 0.6 is 0 Å². The Labute approximate surface area is 157 Å². The van der Waals surface area contributed by atoms with Crippen LogP contribution < -0.4 is 5.32 Å². The Kier molecular flexibility index (Phi) is 5.78. The van der Waals surface area contributed by atoms with Crippen LogP contribution in [0.25, 0.3) is 0 Å². The molecule has 2 aliphatic rings. The first-order valence-electron chi connectivity index (χ1n) is 8.88.